The molecule has 0 aromatic heterocycles. The van der Waals surface area contributed by atoms with Gasteiger partial charge in [0.1, 0.15) is 0 Å². The number of nitrogens with zero attached hydrogens (tertiary/aromatic N) is 2. The molecule has 108 valence electrons. The lowest BCUT2D eigenvalue weighted by Crippen LogP contribution is -2.51. The molecule has 0 aromatic carbocycles. The van der Waals surface area contributed by atoms with E-state index in [1.54, 1.807) is 9.80 Å². The Hall–Kier alpha value is -1.30. The molecule has 2 rings (SSSR count). The fraction of sp³-hybridized carbons (Fsp3) is 0.846. The second kappa shape index (κ2) is 5.77. The van der Waals surface area contributed by atoms with Gasteiger partial charge in [-0.3, -0.25) is 4.79 Å². The Balaban J connectivity index is 1.93. The van der Waals surface area contributed by atoms with Crippen molar-refractivity contribution >= 4 is 12.0 Å². The number of urea groups is 1. The van der Waals surface area contributed by atoms with Gasteiger partial charge in [-0.25, -0.2) is 4.79 Å². The summed E-state index contributed by atoms with van der Waals surface area (Å²) >= 11 is 0. The van der Waals surface area contributed by atoms with Crippen LogP contribution < -0.4 is 0 Å². The fourth-order valence-corrected chi connectivity index (χ4v) is 2.53. The van der Waals surface area contributed by atoms with Crippen molar-refractivity contribution in [3.05, 3.63) is 0 Å². The summed E-state index contributed by atoms with van der Waals surface area (Å²) in [4.78, 5) is 26.5. The molecule has 1 aliphatic carbocycles. The lowest BCUT2D eigenvalue weighted by atomic mass is 9.97. The molecule has 0 radical (unpaired) electrons. The van der Waals surface area contributed by atoms with Crippen LogP contribution in [0.25, 0.3) is 0 Å². The molecule has 1 heterocycles. The molecule has 1 saturated carbocycles. The first-order chi connectivity index (χ1) is 8.99. The number of aliphatic hydroxyl groups is 1. The molecule has 6 nitrogen and oxygen atoms in total. The maximum atomic E-state index is 12.4. The largest absolute Gasteiger partial charge is 0.481 e. The third-order valence-corrected chi connectivity index (χ3v) is 3.93. The number of piperidine rings is 1. The van der Waals surface area contributed by atoms with Gasteiger partial charge in [0, 0.05) is 25.7 Å². The standard InChI is InChI=1S/C13H22N2O4/c1-9-8-14(6-4-11(9)16)13(19)15(10-2-3-10)7-5-12(17)18/h9-11,16H,2-8H2,1H3,(H,17,18). The first-order valence-corrected chi connectivity index (χ1v) is 6.94. The molecule has 2 amide bonds. The number of carbonyl (C=O) groups is 2. The predicted molar refractivity (Wildman–Crippen MR) is 68.7 cm³/mol. The highest BCUT2D eigenvalue weighted by molar-refractivity contribution is 5.76. The highest BCUT2D eigenvalue weighted by atomic mass is 16.4. The normalized spacial score (nSPS) is 27.2. The highest BCUT2D eigenvalue weighted by Gasteiger charge is 2.37. The molecule has 2 fully saturated rings. The molecule has 0 bridgehead atoms. The van der Waals surface area contributed by atoms with Crippen molar-refractivity contribution in [2.24, 2.45) is 5.92 Å². The molecule has 1 saturated heterocycles. The number of aliphatic hydroxyl groups excluding tert-OH is 1. The van der Waals surface area contributed by atoms with Crippen LogP contribution in [-0.2, 0) is 4.79 Å². The van der Waals surface area contributed by atoms with Gasteiger partial charge >= 0.3 is 12.0 Å². The fourth-order valence-electron chi connectivity index (χ4n) is 2.53. The van der Waals surface area contributed by atoms with Crippen LogP contribution in [0.1, 0.15) is 32.6 Å². The predicted octanol–water partition coefficient (Wildman–Crippen LogP) is 0.748. The summed E-state index contributed by atoms with van der Waals surface area (Å²) in [6.07, 6.45) is 2.20. The van der Waals surface area contributed by atoms with Crippen LogP contribution in [0.5, 0.6) is 0 Å². The molecule has 2 unspecified atom stereocenters. The molecule has 1 aliphatic heterocycles. The maximum Gasteiger partial charge on any atom is 0.320 e. The Morgan fingerprint density at radius 2 is 2.00 bits per heavy atom. The van der Waals surface area contributed by atoms with Crippen molar-refractivity contribution in [1.29, 1.82) is 0 Å². The van der Waals surface area contributed by atoms with E-state index in [0.29, 0.717) is 19.5 Å². The van der Waals surface area contributed by atoms with Crippen LogP contribution >= 0.6 is 0 Å². The number of carbonyl (C=O) groups excluding carboxylic acids is 1. The number of rotatable bonds is 4. The molecular weight excluding hydrogens is 248 g/mol. The monoisotopic (exact) mass is 270 g/mol. The average molecular weight is 270 g/mol. The Labute approximate surface area is 113 Å². The van der Waals surface area contributed by atoms with Crippen LogP contribution in [0.4, 0.5) is 4.79 Å². The van der Waals surface area contributed by atoms with Crippen LogP contribution in [0.2, 0.25) is 0 Å². The van der Waals surface area contributed by atoms with Gasteiger partial charge in [0.25, 0.3) is 0 Å². The topological polar surface area (TPSA) is 81.1 Å². The van der Waals surface area contributed by atoms with Crippen molar-refractivity contribution in [3.8, 4) is 0 Å². The smallest absolute Gasteiger partial charge is 0.320 e. The minimum absolute atomic E-state index is 0.00570. The summed E-state index contributed by atoms with van der Waals surface area (Å²) in [6.45, 7) is 3.33. The zero-order valence-electron chi connectivity index (χ0n) is 11.3. The first-order valence-electron chi connectivity index (χ1n) is 6.94. The van der Waals surface area contributed by atoms with Crippen molar-refractivity contribution in [3.63, 3.8) is 0 Å². The van der Waals surface area contributed by atoms with Crippen molar-refractivity contribution in [2.75, 3.05) is 19.6 Å². The molecule has 2 atom stereocenters. The third kappa shape index (κ3) is 3.59. The minimum Gasteiger partial charge on any atom is -0.481 e. The zero-order valence-corrected chi connectivity index (χ0v) is 11.3. The van der Waals surface area contributed by atoms with Crippen LogP contribution in [0, 0.1) is 5.92 Å². The second-order valence-electron chi connectivity index (χ2n) is 5.63. The van der Waals surface area contributed by atoms with Crippen LogP contribution in [0.3, 0.4) is 0 Å². The van der Waals surface area contributed by atoms with Crippen molar-refractivity contribution < 1.29 is 19.8 Å². The van der Waals surface area contributed by atoms with Gasteiger partial charge in [0.15, 0.2) is 0 Å². The van der Waals surface area contributed by atoms with Crippen LogP contribution in [-0.4, -0.2) is 63.8 Å². The van der Waals surface area contributed by atoms with Gasteiger partial charge in [0.05, 0.1) is 12.5 Å². The van der Waals surface area contributed by atoms with Gasteiger partial charge in [-0.1, -0.05) is 6.92 Å². The van der Waals surface area contributed by atoms with E-state index in [1.165, 1.54) is 0 Å². The van der Waals surface area contributed by atoms with E-state index >= 15 is 0 Å². The molecule has 2 aliphatic rings. The number of aliphatic carboxylic acids is 1. The summed E-state index contributed by atoms with van der Waals surface area (Å²) in [7, 11) is 0. The molecule has 19 heavy (non-hydrogen) atoms. The zero-order chi connectivity index (χ0) is 14.0. The number of amides is 2. The van der Waals surface area contributed by atoms with E-state index in [9.17, 15) is 14.7 Å². The van der Waals surface area contributed by atoms with Gasteiger partial charge in [-0.15, -0.1) is 0 Å². The summed E-state index contributed by atoms with van der Waals surface area (Å²) in [6, 6.07) is 0.150. The van der Waals surface area contributed by atoms with Crippen molar-refractivity contribution in [2.45, 2.75) is 44.8 Å². The summed E-state index contributed by atoms with van der Waals surface area (Å²) < 4.78 is 0. The lowest BCUT2D eigenvalue weighted by molar-refractivity contribution is -0.137. The second-order valence-corrected chi connectivity index (χ2v) is 5.63. The molecule has 2 N–H and O–H groups in total. The lowest BCUT2D eigenvalue weighted by Gasteiger charge is -2.37. The van der Waals surface area contributed by atoms with Crippen molar-refractivity contribution in [1.82, 2.24) is 9.80 Å². The van der Waals surface area contributed by atoms with E-state index < -0.39 is 5.97 Å². The van der Waals surface area contributed by atoms with Gasteiger partial charge < -0.3 is 20.0 Å². The highest BCUT2D eigenvalue weighted by Crippen LogP contribution is 2.29. The summed E-state index contributed by atoms with van der Waals surface area (Å²) in [5.74, 6) is -0.792. The number of hydrogen-bond acceptors (Lipinski definition) is 3. The minimum atomic E-state index is -0.874. The SMILES string of the molecule is CC1CN(C(=O)N(CCC(=O)O)C2CC2)CCC1O. The Bertz CT molecular complexity index is 357. The summed E-state index contributed by atoms with van der Waals surface area (Å²) in [5, 5.41) is 18.4. The molecule has 6 heteroatoms. The van der Waals surface area contributed by atoms with Gasteiger partial charge in [0.2, 0.25) is 0 Å². The Morgan fingerprint density at radius 3 is 2.53 bits per heavy atom. The molecular formula is C13H22N2O4. The quantitative estimate of drug-likeness (QED) is 0.790. The first kappa shape index (κ1) is 14.1. The number of hydrogen-bond donors (Lipinski definition) is 2. The Morgan fingerprint density at radius 1 is 1.32 bits per heavy atom. The molecule has 0 aromatic rings. The van der Waals surface area contributed by atoms with E-state index in [2.05, 4.69) is 0 Å². The number of likely N-dealkylation sites (tertiary alicyclic amines) is 1. The van der Waals surface area contributed by atoms with E-state index in [0.717, 1.165) is 12.8 Å². The molecule has 0 spiro atoms. The number of carboxylic acids is 1. The summed E-state index contributed by atoms with van der Waals surface area (Å²) in [5.41, 5.74) is 0. The average Bonchev–Trinajstić information content (AvgIpc) is 3.16. The van der Waals surface area contributed by atoms with Gasteiger partial charge in [-0.05, 0) is 25.2 Å². The number of carboxylic acid groups (broad SMARTS) is 1. The van der Waals surface area contributed by atoms with Gasteiger partial charge in [-0.2, -0.15) is 0 Å². The van der Waals surface area contributed by atoms with E-state index in [1.807, 2.05) is 6.92 Å². The maximum absolute atomic E-state index is 12.4. The van der Waals surface area contributed by atoms with Crippen LogP contribution in [0.15, 0.2) is 0 Å². The van der Waals surface area contributed by atoms with E-state index in [4.69, 9.17) is 5.11 Å². The Kier molecular flexibility index (Phi) is 4.29. The van der Waals surface area contributed by atoms with E-state index in [-0.39, 0.29) is 37.1 Å². The third-order valence-electron chi connectivity index (χ3n) is 3.93.